The van der Waals surface area contributed by atoms with Crippen LogP contribution in [0.4, 0.5) is 21.4 Å². The number of hydrogen-bond acceptors (Lipinski definition) is 8. The van der Waals surface area contributed by atoms with Gasteiger partial charge >= 0.3 is 6.09 Å². The zero-order valence-corrected chi connectivity index (χ0v) is 13.8. The fourth-order valence-electron chi connectivity index (χ4n) is 1.80. The van der Waals surface area contributed by atoms with Crippen molar-refractivity contribution in [1.82, 2.24) is 19.9 Å². The minimum Gasteiger partial charge on any atom is -0.387 e. The van der Waals surface area contributed by atoms with Gasteiger partial charge in [0.25, 0.3) is 5.88 Å². The summed E-state index contributed by atoms with van der Waals surface area (Å²) in [5.41, 5.74) is 2.15. The third-order valence-corrected chi connectivity index (χ3v) is 3.68. The van der Waals surface area contributed by atoms with Crippen molar-refractivity contribution in [3.8, 4) is 5.88 Å². The van der Waals surface area contributed by atoms with E-state index in [-0.39, 0.29) is 5.88 Å². The first-order chi connectivity index (χ1) is 11.6. The summed E-state index contributed by atoms with van der Waals surface area (Å²) in [6, 6.07) is 3.60. The van der Waals surface area contributed by atoms with Gasteiger partial charge in [0.2, 0.25) is 0 Å². The molecule has 3 rings (SSSR count). The Labute approximate surface area is 142 Å². The molecule has 3 aromatic rings. The van der Waals surface area contributed by atoms with Crippen molar-refractivity contribution in [3.63, 3.8) is 0 Å². The molecule has 0 bridgehead atoms. The number of aryl methyl sites for hydroxylation is 2. The topological polar surface area (TPSA) is 102 Å². The third-order valence-electron chi connectivity index (χ3n) is 2.80. The highest BCUT2D eigenvalue weighted by Gasteiger charge is 2.14. The van der Waals surface area contributed by atoms with Crippen LogP contribution in [0.15, 0.2) is 36.1 Å². The summed E-state index contributed by atoms with van der Waals surface area (Å²) in [5, 5.41) is 7.87. The van der Waals surface area contributed by atoms with Gasteiger partial charge in [-0.15, -0.1) is 11.3 Å². The Morgan fingerprint density at radius 2 is 2.08 bits per heavy atom. The summed E-state index contributed by atoms with van der Waals surface area (Å²) >= 11 is 1.32. The van der Waals surface area contributed by atoms with E-state index in [2.05, 4.69) is 30.6 Å². The average Bonchev–Trinajstić information content (AvgIpc) is 2.96. The number of hydrogen-bond donors (Lipinski definition) is 2. The SMILES string of the molecule is Cc1csc(NC(=O)Oc2nc(C)cnc2Nc2cccnc2)n1. The van der Waals surface area contributed by atoms with E-state index < -0.39 is 6.09 Å². The van der Waals surface area contributed by atoms with Crippen LogP contribution in [0.5, 0.6) is 5.88 Å². The number of thiazole rings is 1. The van der Waals surface area contributed by atoms with Gasteiger partial charge in [-0.2, -0.15) is 0 Å². The van der Waals surface area contributed by atoms with Crippen LogP contribution < -0.4 is 15.4 Å². The van der Waals surface area contributed by atoms with Crippen LogP contribution >= 0.6 is 11.3 Å². The fraction of sp³-hybridized carbons (Fsp3) is 0.133. The minimum atomic E-state index is -0.682. The Balaban J connectivity index is 1.76. The van der Waals surface area contributed by atoms with Crippen molar-refractivity contribution in [2.24, 2.45) is 0 Å². The summed E-state index contributed by atoms with van der Waals surface area (Å²) in [7, 11) is 0. The van der Waals surface area contributed by atoms with Crippen LogP contribution in [0.25, 0.3) is 0 Å². The van der Waals surface area contributed by atoms with Crippen molar-refractivity contribution < 1.29 is 9.53 Å². The largest absolute Gasteiger partial charge is 0.420 e. The fourth-order valence-corrected chi connectivity index (χ4v) is 2.47. The molecule has 9 heteroatoms. The molecular weight excluding hydrogens is 328 g/mol. The van der Waals surface area contributed by atoms with Crippen molar-refractivity contribution in [1.29, 1.82) is 0 Å². The number of ether oxygens (including phenoxy) is 1. The van der Waals surface area contributed by atoms with Crippen molar-refractivity contribution in [2.45, 2.75) is 13.8 Å². The van der Waals surface area contributed by atoms with Crippen LogP contribution in [-0.2, 0) is 0 Å². The molecule has 0 saturated heterocycles. The van der Waals surface area contributed by atoms with Crippen molar-refractivity contribution in [3.05, 3.63) is 47.5 Å². The highest BCUT2D eigenvalue weighted by Crippen LogP contribution is 2.24. The predicted molar refractivity (Wildman–Crippen MR) is 90.8 cm³/mol. The Morgan fingerprint density at radius 1 is 1.21 bits per heavy atom. The van der Waals surface area contributed by atoms with E-state index in [0.29, 0.717) is 22.3 Å². The van der Waals surface area contributed by atoms with Crippen molar-refractivity contribution >= 4 is 34.1 Å². The molecule has 0 aliphatic carbocycles. The standard InChI is InChI=1S/C15H14N6O2S/c1-9-6-17-12(20-11-4-3-5-16-7-11)13(18-9)23-15(22)21-14-19-10(2)8-24-14/h3-8H,1-2H3,(H,17,20)(H,19,21,22). The van der Waals surface area contributed by atoms with E-state index in [1.165, 1.54) is 11.3 Å². The molecule has 0 atom stereocenters. The maximum absolute atomic E-state index is 12.0. The molecule has 8 nitrogen and oxygen atoms in total. The van der Waals surface area contributed by atoms with Gasteiger partial charge in [0.05, 0.1) is 29.5 Å². The van der Waals surface area contributed by atoms with E-state index in [1.807, 2.05) is 18.4 Å². The lowest BCUT2D eigenvalue weighted by molar-refractivity contribution is 0.213. The van der Waals surface area contributed by atoms with Crippen LogP contribution in [0.1, 0.15) is 11.4 Å². The quantitative estimate of drug-likeness (QED) is 0.750. The highest BCUT2D eigenvalue weighted by atomic mass is 32.1. The number of rotatable bonds is 4. The maximum Gasteiger partial charge on any atom is 0.420 e. The lowest BCUT2D eigenvalue weighted by atomic mass is 10.4. The number of nitrogens with zero attached hydrogens (tertiary/aromatic N) is 4. The normalized spacial score (nSPS) is 10.2. The molecular formula is C15H14N6O2S. The smallest absolute Gasteiger partial charge is 0.387 e. The summed E-state index contributed by atoms with van der Waals surface area (Å²) < 4.78 is 5.27. The Bertz CT molecular complexity index is 852. The van der Waals surface area contributed by atoms with E-state index in [9.17, 15) is 4.79 Å². The van der Waals surface area contributed by atoms with E-state index in [1.54, 1.807) is 31.6 Å². The lowest BCUT2D eigenvalue weighted by Crippen LogP contribution is -2.18. The number of aromatic nitrogens is 4. The second-order valence-electron chi connectivity index (χ2n) is 4.84. The number of anilines is 3. The molecule has 122 valence electrons. The average molecular weight is 342 g/mol. The van der Waals surface area contributed by atoms with Crippen LogP contribution in [-0.4, -0.2) is 26.0 Å². The Morgan fingerprint density at radius 3 is 2.79 bits per heavy atom. The molecule has 0 radical (unpaired) electrons. The van der Waals surface area contributed by atoms with Gasteiger partial charge in [-0.05, 0) is 26.0 Å². The number of amides is 1. The Hall–Kier alpha value is -3.07. The number of nitrogens with one attached hydrogen (secondary N) is 2. The van der Waals surface area contributed by atoms with Crippen LogP contribution in [0, 0.1) is 13.8 Å². The highest BCUT2D eigenvalue weighted by molar-refractivity contribution is 7.13. The van der Waals surface area contributed by atoms with Gasteiger partial charge in [0.1, 0.15) is 0 Å². The molecule has 0 aromatic carbocycles. The predicted octanol–water partition coefficient (Wildman–Crippen LogP) is 3.30. The summed E-state index contributed by atoms with van der Waals surface area (Å²) in [5.74, 6) is 0.392. The summed E-state index contributed by atoms with van der Waals surface area (Å²) in [6.45, 7) is 3.60. The van der Waals surface area contributed by atoms with Crippen molar-refractivity contribution in [2.75, 3.05) is 10.6 Å². The number of pyridine rings is 1. The summed E-state index contributed by atoms with van der Waals surface area (Å²) in [6.07, 6.45) is 4.18. The van der Waals surface area contributed by atoms with Gasteiger partial charge in [0.15, 0.2) is 10.9 Å². The Kier molecular flexibility index (Phi) is 4.62. The minimum absolute atomic E-state index is 0.0737. The molecule has 0 aliphatic heterocycles. The maximum atomic E-state index is 12.0. The van der Waals surface area contributed by atoms with E-state index >= 15 is 0 Å². The molecule has 0 aliphatic rings. The zero-order valence-electron chi connectivity index (χ0n) is 13.0. The molecule has 0 fully saturated rings. The molecule has 0 spiro atoms. The lowest BCUT2D eigenvalue weighted by Gasteiger charge is -2.10. The second-order valence-corrected chi connectivity index (χ2v) is 5.70. The molecule has 0 unspecified atom stereocenters. The van der Waals surface area contributed by atoms with E-state index in [4.69, 9.17) is 4.74 Å². The zero-order chi connectivity index (χ0) is 16.9. The first-order valence-electron chi connectivity index (χ1n) is 7.02. The van der Waals surface area contributed by atoms with Crippen LogP contribution in [0.2, 0.25) is 0 Å². The monoisotopic (exact) mass is 342 g/mol. The number of carbonyl (C=O) groups is 1. The molecule has 3 heterocycles. The molecule has 2 N–H and O–H groups in total. The second kappa shape index (κ2) is 7.01. The van der Waals surface area contributed by atoms with Gasteiger partial charge in [-0.1, -0.05) is 0 Å². The molecule has 0 saturated carbocycles. The first kappa shape index (κ1) is 15.8. The number of carbonyl (C=O) groups excluding carboxylic acids is 1. The van der Waals surface area contributed by atoms with Gasteiger partial charge in [0, 0.05) is 11.6 Å². The van der Waals surface area contributed by atoms with Gasteiger partial charge in [-0.3, -0.25) is 10.3 Å². The molecule has 24 heavy (non-hydrogen) atoms. The third kappa shape index (κ3) is 4.02. The molecule has 1 amide bonds. The van der Waals surface area contributed by atoms with E-state index in [0.717, 1.165) is 5.69 Å². The van der Waals surface area contributed by atoms with Crippen LogP contribution in [0.3, 0.4) is 0 Å². The first-order valence-corrected chi connectivity index (χ1v) is 7.90. The van der Waals surface area contributed by atoms with Gasteiger partial charge < -0.3 is 10.1 Å². The van der Waals surface area contributed by atoms with Gasteiger partial charge in [-0.25, -0.2) is 19.7 Å². The summed E-state index contributed by atoms with van der Waals surface area (Å²) in [4.78, 5) is 28.6. The molecule has 3 aromatic heterocycles.